The second kappa shape index (κ2) is 5.87. The van der Waals surface area contributed by atoms with E-state index in [4.69, 9.17) is 9.52 Å². The minimum absolute atomic E-state index is 0.0950. The molecule has 1 aromatic heterocycles. The molecular formula is C13H21NO3. The second-order valence-corrected chi connectivity index (χ2v) is 4.46. The van der Waals surface area contributed by atoms with E-state index in [2.05, 4.69) is 5.32 Å². The summed E-state index contributed by atoms with van der Waals surface area (Å²) < 4.78 is 5.41. The Kier molecular flexibility index (Phi) is 4.75. The van der Waals surface area contributed by atoms with Crippen LogP contribution in [0.15, 0.2) is 4.42 Å². The summed E-state index contributed by atoms with van der Waals surface area (Å²) in [5, 5.41) is 11.9. The van der Waals surface area contributed by atoms with E-state index in [0.29, 0.717) is 24.3 Å². The number of hydrogen-bond donors (Lipinski definition) is 2. The highest BCUT2D eigenvalue weighted by atomic mass is 16.3. The SMILES string of the molecule is Cc1oc(C)c(C(=O)NCCCC(C)O)c1C. The van der Waals surface area contributed by atoms with Crippen molar-refractivity contribution in [3.63, 3.8) is 0 Å². The summed E-state index contributed by atoms with van der Waals surface area (Å²) in [5.41, 5.74) is 1.54. The van der Waals surface area contributed by atoms with Gasteiger partial charge in [-0.2, -0.15) is 0 Å². The van der Waals surface area contributed by atoms with Gasteiger partial charge >= 0.3 is 0 Å². The number of carbonyl (C=O) groups excluding carboxylic acids is 1. The van der Waals surface area contributed by atoms with E-state index in [-0.39, 0.29) is 12.0 Å². The van der Waals surface area contributed by atoms with E-state index in [1.807, 2.05) is 13.8 Å². The number of amides is 1. The van der Waals surface area contributed by atoms with Gasteiger partial charge in [0.2, 0.25) is 0 Å². The fourth-order valence-corrected chi connectivity index (χ4v) is 1.82. The van der Waals surface area contributed by atoms with Crippen molar-refractivity contribution in [3.05, 3.63) is 22.6 Å². The molecule has 96 valence electrons. The molecule has 1 atom stereocenters. The summed E-state index contributed by atoms with van der Waals surface area (Å²) in [6.07, 6.45) is 1.16. The van der Waals surface area contributed by atoms with Crippen LogP contribution in [0, 0.1) is 20.8 Å². The summed E-state index contributed by atoms with van der Waals surface area (Å²) in [4.78, 5) is 11.9. The van der Waals surface area contributed by atoms with Gasteiger partial charge in [0.1, 0.15) is 11.5 Å². The van der Waals surface area contributed by atoms with Crippen LogP contribution in [0.3, 0.4) is 0 Å². The Bertz CT molecular complexity index is 394. The van der Waals surface area contributed by atoms with Gasteiger partial charge in [-0.15, -0.1) is 0 Å². The molecule has 4 nitrogen and oxygen atoms in total. The molecule has 1 unspecified atom stereocenters. The first-order chi connectivity index (χ1) is 7.93. The van der Waals surface area contributed by atoms with Crippen molar-refractivity contribution < 1.29 is 14.3 Å². The van der Waals surface area contributed by atoms with Crippen LogP contribution >= 0.6 is 0 Å². The fraction of sp³-hybridized carbons (Fsp3) is 0.615. The molecule has 1 rings (SSSR count). The molecule has 0 saturated carbocycles. The van der Waals surface area contributed by atoms with Crippen LogP contribution in [0.1, 0.15) is 47.2 Å². The lowest BCUT2D eigenvalue weighted by Gasteiger charge is -2.06. The van der Waals surface area contributed by atoms with Crippen molar-refractivity contribution in [2.75, 3.05) is 6.54 Å². The maximum Gasteiger partial charge on any atom is 0.255 e. The minimum atomic E-state index is -0.313. The molecule has 0 fully saturated rings. The maximum atomic E-state index is 11.9. The molecule has 0 saturated heterocycles. The first-order valence-electron chi connectivity index (χ1n) is 5.96. The molecule has 0 radical (unpaired) electrons. The lowest BCUT2D eigenvalue weighted by atomic mass is 10.1. The molecule has 1 heterocycles. The van der Waals surface area contributed by atoms with Crippen molar-refractivity contribution in [3.8, 4) is 0 Å². The normalized spacial score (nSPS) is 12.5. The summed E-state index contributed by atoms with van der Waals surface area (Å²) in [7, 11) is 0. The highest BCUT2D eigenvalue weighted by molar-refractivity contribution is 5.96. The second-order valence-electron chi connectivity index (χ2n) is 4.46. The Morgan fingerprint density at radius 1 is 1.35 bits per heavy atom. The van der Waals surface area contributed by atoms with Crippen molar-refractivity contribution in [1.29, 1.82) is 0 Å². The van der Waals surface area contributed by atoms with Crippen molar-refractivity contribution >= 4 is 5.91 Å². The lowest BCUT2D eigenvalue weighted by Crippen LogP contribution is -2.25. The average molecular weight is 239 g/mol. The summed E-state index contributed by atoms with van der Waals surface area (Å²) >= 11 is 0. The third-order valence-electron chi connectivity index (χ3n) is 2.87. The average Bonchev–Trinajstić information content (AvgIpc) is 2.48. The highest BCUT2D eigenvalue weighted by Gasteiger charge is 2.17. The number of hydrogen-bond acceptors (Lipinski definition) is 3. The summed E-state index contributed by atoms with van der Waals surface area (Å²) in [6, 6.07) is 0. The maximum absolute atomic E-state index is 11.9. The Balaban J connectivity index is 2.53. The Morgan fingerprint density at radius 3 is 2.47 bits per heavy atom. The van der Waals surface area contributed by atoms with Crippen LogP contribution < -0.4 is 5.32 Å². The highest BCUT2D eigenvalue weighted by Crippen LogP contribution is 2.20. The first-order valence-corrected chi connectivity index (χ1v) is 5.96. The van der Waals surface area contributed by atoms with E-state index >= 15 is 0 Å². The smallest absolute Gasteiger partial charge is 0.255 e. The van der Waals surface area contributed by atoms with Crippen molar-refractivity contribution in [2.45, 2.75) is 46.6 Å². The van der Waals surface area contributed by atoms with Crippen LogP contribution in [0.5, 0.6) is 0 Å². The van der Waals surface area contributed by atoms with E-state index in [9.17, 15) is 4.79 Å². The van der Waals surface area contributed by atoms with Crippen LogP contribution in [0.4, 0.5) is 0 Å². The molecule has 0 aliphatic rings. The number of rotatable bonds is 5. The van der Waals surface area contributed by atoms with Crippen LogP contribution in [0.25, 0.3) is 0 Å². The van der Waals surface area contributed by atoms with Crippen molar-refractivity contribution in [2.24, 2.45) is 0 Å². The lowest BCUT2D eigenvalue weighted by molar-refractivity contribution is 0.0947. The van der Waals surface area contributed by atoms with Gasteiger partial charge in [-0.3, -0.25) is 4.79 Å². The zero-order chi connectivity index (χ0) is 13.0. The van der Waals surface area contributed by atoms with Gasteiger partial charge in [-0.25, -0.2) is 0 Å². The molecule has 0 aliphatic carbocycles. The Labute approximate surface area is 102 Å². The fourth-order valence-electron chi connectivity index (χ4n) is 1.82. The predicted octanol–water partition coefficient (Wildman–Crippen LogP) is 2.10. The largest absolute Gasteiger partial charge is 0.466 e. The number of furan rings is 1. The minimum Gasteiger partial charge on any atom is -0.466 e. The number of aryl methyl sites for hydroxylation is 2. The zero-order valence-electron chi connectivity index (χ0n) is 11.0. The van der Waals surface area contributed by atoms with Gasteiger partial charge in [0, 0.05) is 12.1 Å². The quantitative estimate of drug-likeness (QED) is 0.773. The summed E-state index contributed by atoms with van der Waals surface area (Å²) in [6.45, 7) is 7.86. The van der Waals surface area contributed by atoms with Gasteiger partial charge in [0.05, 0.1) is 11.7 Å². The van der Waals surface area contributed by atoms with Gasteiger partial charge < -0.3 is 14.8 Å². The van der Waals surface area contributed by atoms with E-state index in [1.165, 1.54) is 0 Å². The van der Waals surface area contributed by atoms with Gasteiger partial charge in [0.15, 0.2) is 0 Å². The van der Waals surface area contributed by atoms with Crippen LogP contribution in [-0.4, -0.2) is 23.7 Å². The molecule has 1 aromatic rings. The monoisotopic (exact) mass is 239 g/mol. The third kappa shape index (κ3) is 3.60. The van der Waals surface area contributed by atoms with Crippen LogP contribution in [0.2, 0.25) is 0 Å². The predicted molar refractivity (Wildman–Crippen MR) is 66.2 cm³/mol. The molecule has 4 heteroatoms. The number of aliphatic hydroxyl groups excluding tert-OH is 1. The number of carbonyl (C=O) groups is 1. The van der Waals surface area contributed by atoms with E-state index < -0.39 is 0 Å². The Hall–Kier alpha value is -1.29. The standard InChI is InChI=1S/C13H21NO3/c1-8(15)6-5-7-14-13(16)12-9(2)10(3)17-11(12)4/h8,15H,5-7H2,1-4H3,(H,14,16). The molecule has 0 spiro atoms. The molecule has 0 aromatic carbocycles. The number of aliphatic hydroxyl groups is 1. The van der Waals surface area contributed by atoms with Crippen LogP contribution in [-0.2, 0) is 0 Å². The van der Waals surface area contributed by atoms with E-state index in [1.54, 1.807) is 13.8 Å². The number of nitrogens with one attached hydrogen (secondary N) is 1. The molecular weight excluding hydrogens is 218 g/mol. The van der Waals surface area contributed by atoms with Crippen molar-refractivity contribution in [1.82, 2.24) is 5.32 Å². The van der Waals surface area contributed by atoms with E-state index in [0.717, 1.165) is 17.7 Å². The molecule has 0 bridgehead atoms. The molecule has 2 N–H and O–H groups in total. The Morgan fingerprint density at radius 2 is 2.00 bits per heavy atom. The molecule has 0 aliphatic heterocycles. The topological polar surface area (TPSA) is 62.5 Å². The molecule has 17 heavy (non-hydrogen) atoms. The van der Waals surface area contributed by atoms with Gasteiger partial charge in [-0.05, 0) is 40.5 Å². The zero-order valence-corrected chi connectivity index (χ0v) is 11.0. The van der Waals surface area contributed by atoms with Gasteiger partial charge in [0.25, 0.3) is 5.91 Å². The first kappa shape index (κ1) is 13.8. The summed E-state index contributed by atoms with van der Waals surface area (Å²) in [5.74, 6) is 1.35. The third-order valence-corrected chi connectivity index (χ3v) is 2.87. The molecule has 1 amide bonds. The van der Waals surface area contributed by atoms with Gasteiger partial charge in [-0.1, -0.05) is 0 Å².